The second-order valence-electron chi connectivity index (χ2n) is 2.49. The third-order valence-electron chi connectivity index (χ3n) is 1.61. The molecule has 0 aliphatic rings. The Morgan fingerprint density at radius 1 is 0.929 bits per heavy atom. The molecule has 0 radical (unpaired) electrons. The summed E-state index contributed by atoms with van der Waals surface area (Å²) in [6.07, 6.45) is 7.12. The smallest absolute Gasteiger partial charge is 0.175 e. The highest BCUT2D eigenvalue weighted by Gasteiger charge is 2.07. The number of halogens is 2. The molecule has 0 saturated heterocycles. The molecule has 0 aliphatic heterocycles. The fourth-order valence-electron chi connectivity index (χ4n) is 1.07. The van der Waals surface area contributed by atoms with Gasteiger partial charge in [0, 0.05) is 24.8 Å². The summed E-state index contributed by atoms with van der Waals surface area (Å²) in [5.41, 5.74) is 0. The molecule has 14 heavy (non-hydrogen) atoms. The van der Waals surface area contributed by atoms with Crippen molar-refractivity contribution in [2.24, 2.45) is 0 Å². The number of rotatable bonds is 2. The van der Waals surface area contributed by atoms with Crippen LogP contribution in [-0.2, 0) is 0 Å². The van der Waals surface area contributed by atoms with Crippen molar-refractivity contribution in [3.8, 4) is 0 Å². The van der Waals surface area contributed by atoms with E-state index in [4.69, 9.17) is 0 Å². The lowest BCUT2D eigenvalue weighted by Gasteiger charge is -2.07. The van der Waals surface area contributed by atoms with E-state index in [1.807, 2.05) is 24.5 Å². The monoisotopic (exact) mass is 316 g/mol. The largest absolute Gasteiger partial charge is 0.221 e. The van der Waals surface area contributed by atoms with Crippen LogP contribution in [-0.4, -0.2) is 19.6 Å². The lowest BCUT2D eigenvalue weighted by atomic mass is 10.7. The van der Waals surface area contributed by atoms with E-state index in [1.54, 1.807) is 21.8 Å². The van der Waals surface area contributed by atoms with E-state index in [2.05, 4.69) is 42.1 Å². The van der Waals surface area contributed by atoms with Crippen molar-refractivity contribution in [2.45, 2.75) is 0 Å². The molecule has 0 amide bonds. The van der Waals surface area contributed by atoms with Crippen LogP contribution < -0.4 is 0 Å². The molecule has 0 fully saturated rings. The van der Waals surface area contributed by atoms with E-state index >= 15 is 0 Å². The van der Waals surface area contributed by atoms with Crippen LogP contribution in [0.1, 0.15) is 0 Å². The molecule has 0 atom stereocenters. The third kappa shape index (κ3) is 1.80. The van der Waals surface area contributed by atoms with Gasteiger partial charge in [0.05, 0.1) is 0 Å². The third-order valence-corrected chi connectivity index (χ3v) is 2.32. The molecule has 0 N–H and O–H groups in total. The van der Waals surface area contributed by atoms with Crippen LogP contribution in [0.25, 0.3) is 0 Å². The highest BCUT2D eigenvalue weighted by atomic mass is 79.9. The van der Waals surface area contributed by atoms with E-state index in [-0.39, 0.29) is 0 Å². The molecule has 0 unspecified atom stereocenters. The van der Waals surface area contributed by atoms with E-state index < -0.39 is 0 Å². The van der Waals surface area contributed by atoms with E-state index in [1.165, 1.54) is 0 Å². The van der Waals surface area contributed by atoms with Crippen molar-refractivity contribution in [1.29, 1.82) is 0 Å². The summed E-state index contributed by atoms with van der Waals surface area (Å²) in [5, 5.41) is 8.26. The van der Waals surface area contributed by atoms with Gasteiger partial charge in [-0.3, -0.25) is 0 Å². The highest BCUT2D eigenvalue weighted by molar-refractivity contribution is 9.28. The van der Waals surface area contributed by atoms with E-state index in [0.29, 0.717) is 0 Å². The molecular formula is C8H6Br2N4. The lowest BCUT2D eigenvalue weighted by molar-refractivity contribution is 0.629. The summed E-state index contributed by atoms with van der Waals surface area (Å²) in [5.74, 6) is 0.806. The maximum absolute atomic E-state index is 4.13. The van der Waals surface area contributed by atoms with Crippen molar-refractivity contribution >= 4 is 31.9 Å². The number of hydrogen-bond donors (Lipinski definition) is 0. The molecule has 6 heteroatoms. The van der Waals surface area contributed by atoms with Gasteiger partial charge in [-0.05, 0) is 44.0 Å². The van der Waals surface area contributed by atoms with Gasteiger partial charge >= 0.3 is 0 Å². The summed E-state index contributed by atoms with van der Waals surface area (Å²) in [4.78, 5) is 0. The quantitative estimate of drug-likeness (QED) is 0.852. The van der Waals surface area contributed by atoms with Crippen LogP contribution in [0, 0.1) is 5.82 Å². The van der Waals surface area contributed by atoms with Crippen LogP contribution >= 0.6 is 31.9 Å². The SMILES string of the molecule is BrC(Br)=C(n1cccn1)n1cccn1. The number of aromatic nitrogens is 4. The molecule has 0 aromatic carbocycles. The minimum atomic E-state index is 0.789. The minimum absolute atomic E-state index is 0.789. The maximum Gasteiger partial charge on any atom is 0.175 e. The van der Waals surface area contributed by atoms with Gasteiger partial charge in [-0.1, -0.05) is 0 Å². The Labute approximate surface area is 97.5 Å². The predicted molar refractivity (Wildman–Crippen MR) is 59.9 cm³/mol. The van der Waals surface area contributed by atoms with Crippen LogP contribution in [0.15, 0.2) is 40.3 Å². The molecule has 4 nitrogen and oxygen atoms in total. The molecule has 2 aromatic heterocycles. The number of nitrogens with zero attached hydrogens (tertiary/aromatic N) is 4. The average molecular weight is 318 g/mol. The van der Waals surface area contributed by atoms with Crippen molar-refractivity contribution in [2.75, 3.05) is 0 Å². The Balaban J connectivity index is 2.52. The van der Waals surface area contributed by atoms with Gasteiger partial charge in [0.2, 0.25) is 0 Å². The predicted octanol–water partition coefficient (Wildman–Crippen LogP) is 2.32. The van der Waals surface area contributed by atoms with Gasteiger partial charge in [-0.25, -0.2) is 9.36 Å². The summed E-state index contributed by atoms with van der Waals surface area (Å²) >= 11 is 6.72. The summed E-state index contributed by atoms with van der Waals surface area (Å²) in [6.45, 7) is 0. The Bertz CT molecular complexity index is 390. The van der Waals surface area contributed by atoms with Crippen molar-refractivity contribution in [1.82, 2.24) is 19.6 Å². The molecule has 0 spiro atoms. The lowest BCUT2D eigenvalue weighted by Crippen LogP contribution is -2.12. The number of hydrogen-bond acceptors (Lipinski definition) is 2. The van der Waals surface area contributed by atoms with Crippen LogP contribution in [0.3, 0.4) is 0 Å². The molecule has 2 rings (SSSR count). The van der Waals surface area contributed by atoms with Gasteiger partial charge < -0.3 is 0 Å². The first-order valence-corrected chi connectivity index (χ1v) is 5.43. The standard InChI is InChI=1S/C8H6Br2N4/c9-7(10)8(13-5-1-3-11-13)14-6-2-4-12-14/h1-6H. The molecule has 2 heterocycles. The van der Waals surface area contributed by atoms with Crippen LogP contribution in [0.4, 0.5) is 0 Å². The molecule has 0 aliphatic carbocycles. The maximum atomic E-state index is 4.13. The Hall–Kier alpha value is -0.880. The van der Waals surface area contributed by atoms with E-state index in [0.717, 1.165) is 9.21 Å². The van der Waals surface area contributed by atoms with Crippen molar-refractivity contribution < 1.29 is 0 Å². The van der Waals surface area contributed by atoms with Gasteiger partial charge in [-0.15, -0.1) is 0 Å². The summed E-state index contributed by atoms with van der Waals surface area (Å²) in [7, 11) is 0. The first-order chi connectivity index (χ1) is 6.79. The molecule has 72 valence electrons. The zero-order valence-corrected chi connectivity index (χ0v) is 10.2. The summed E-state index contributed by atoms with van der Waals surface area (Å²) < 4.78 is 4.22. The zero-order valence-electron chi connectivity index (χ0n) is 7.01. The van der Waals surface area contributed by atoms with Gasteiger partial charge in [0.15, 0.2) is 5.82 Å². The average Bonchev–Trinajstić information content (AvgIpc) is 2.75. The Kier molecular flexibility index (Phi) is 2.83. The van der Waals surface area contributed by atoms with Crippen molar-refractivity contribution in [3.05, 3.63) is 46.1 Å². The first kappa shape index (κ1) is 9.67. The molecular weight excluding hydrogens is 312 g/mol. The van der Waals surface area contributed by atoms with Gasteiger partial charge in [0.25, 0.3) is 0 Å². The minimum Gasteiger partial charge on any atom is -0.221 e. The second kappa shape index (κ2) is 4.10. The normalized spacial score (nSPS) is 10.1. The van der Waals surface area contributed by atoms with Crippen molar-refractivity contribution in [3.63, 3.8) is 0 Å². The fourth-order valence-corrected chi connectivity index (χ4v) is 1.79. The Morgan fingerprint density at radius 3 is 1.71 bits per heavy atom. The highest BCUT2D eigenvalue weighted by Crippen LogP contribution is 2.19. The Morgan fingerprint density at radius 2 is 1.43 bits per heavy atom. The van der Waals surface area contributed by atoms with Crippen LogP contribution in [0.2, 0.25) is 0 Å². The zero-order chi connectivity index (χ0) is 9.97. The summed E-state index contributed by atoms with van der Waals surface area (Å²) in [6, 6.07) is 3.71. The first-order valence-electron chi connectivity index (χ1n) is 3.84. The molecule has 0 bridgehead atoms. The van der Waals surface area contributed by atoms with E-state index in [9.17, 15) is 0 Å². The van der Waals surface area contributed by atoms with Crippen LogP contribution in [0.5, 0.6) is 0 Å². The molecule has 0 saturated carbocycles. The molecule has 2 aromatic rings. The second-order valence-corrected chi connectivity index (χ2v) is 5.14. The fraction of sp³-hybridized carbons (Fsp3) is 0. The van der Waals surface area contributed by atoms with Gasteiger partial charge in [0.1, 0.15) is 3.39 Å². The van der Waals surface area contributed by atoms with Gasteiger partial charge in [-0.2, -0.15) is 10.2 Å². The topological polar surface area (TPSA) is 35.6 Å².